The molecule has 0 aliphatic heterocycles. The van der Waals surface area contributed by atoms with Gasteiger partial charge in [-0.1, -0.05) is 53.5 Å². The summed E-state index contributed by atoms with van der Waals surface area (Å²) < 4.78 is 0. The molecule has 0 radical (unpaired) electrons. The van der Waals surface area contributed by atoms with E-state index in [9.17, 15) is 9.59 Å². The number of rotatable bonds is 3. The van der Waals surface area contributed by atoms with E-state index in [-0.39, 0.29) is 0 Å². The predicted octanol–water partition coefficient (Wildman–Crippen LogP) is 3.08. The van der Waals surface area contributed by atoms with E-state index in [4.69, 9.17) is 23.2 Å². The van der Waals surface area contributed by atoms with Crippen LogP contribution in [0.5, 0.6) is 0 Å². The molecule has 2 aromatic carbocycles. The van der Waals surface area contributed by atoms with Gasteiger partial charge in [-0.2, -0.15) is 5.10 Å². The average Bonchev–Trinajstić information content (AvgIpc) is 2.47. The van der Waals surface area contributed by atoms with E-state index < -0.39 is 11.8 Å². The van der Waals surface area contributed by atoms with E-state index in [0.29, 0.717) is 15.7 Å². The number of benzene rings is 2. The molecule has 2 rings (SSSR count). The highest BCUT2D eigenvalue weighted by atomic mass is 35.5. The number of nitrogens with one attached hydrogen (secondary N) is 2. The van der Waals surface area contributed by atoms with Crippen LogP contribution < -0.4 is 10.7 Å². The molecule has 0 aromatic heterocycles. The summed E-state index contributed by atoms with van der Waals surface area (Å²) in [5.74, 6) is -1.77. The Labute approximate surface area is 136 Å². The van der Waals surface area contributed by atoms with Gasteiger partial charge in [-0.15, -0.1) is 0 Å². The first-order chi connectivity index (χ1) is 10.5. The van der Waals surface area contributed by atoms with E-state index in [2.05, 4.69) is 15.8 Å². The lowest BCUT2D eigenvalue weighted by Gasteiger charge is -2.05. The summed E-state index contributed by atoms with van der Waals surface area (Å²) in [6, 6.07) is 13.6. The Morgan fingerprint density at radius 1 is 0.955 bits per heavy atom. The number of carbonyl (C=O) groups excluding carboxylic acids is 2. The maximum absolute atomic E-state index is 11.7. The third-order valence-electron chi connectivity index (χ3n) is 2.51. The lowest BCUT2D eigenvalue weighted by molar-refractivity contribution is -0.136. The first-order valence-corrected chi connectivity index (χ1v) is 6.96. The fourth-order valence-electron chi connectivity index (χ4n) is 1.57. The Kier molecular flexibility index (Phi) is 5.52. The molecule has 2 aromatic rings. The maximum Gasteiger partial charge on any atom is 0.329 e. The zero-order valence-electron chi connectivity index (χ0n) is 11.2. The highest BCUT2D eigenvalue weighted by molar-refractivity contribution is 6.40. The SMILES string of the molecule is O=C(N/N=C\c1ccccc1)C(=O)Nc1cc(Cl)cc(Cl)c1. The van der Waals surface area contributed by atoms with Crippen LogP contribution in [-0.2, 0) is 9.59 Å². The van der Waals surface area contributed by atoms with Crippen molar-refractivity contribution in [1.29, 1.82) is 0 Å². The Morgan fingerprint density at radius 2 is 1.59 bits per heavy atom. The second-order valence-corrected chi connectivity index (χ2v) is 5.09. The minimum atomic E-state index is -0.900. The van der Waals surface area contributed by atoms with Gasteiger partial charge in [0, 0.05) is 15.7 Å². The first kappa shape index (κ1) is 16.0. The smallest absolute Gasteiger partial charge is 0.318 e. The van der Waals surface area contributed by atoms with Gasteiger partial charge in [0.15, 0.2) is 0 Å². The summed E-state index contributed by atoms with van der Waals surface area (Å²) in [6.45, 7) is 0. The Morgan fingerprint density at radius 3 is 2.23 bits per heavy atom. The summed E-state index contributed by atoms with van der Waals surface area (Å²) >= 11 is 11.6. The van der Waals surface area contributed by atoms with Crippen LogP contribution in [0.15, 0.2) is 53.6 Å². The molecule has 0 aliphatic rings. The number of anilines is 1. The van der Waals surface area contributed by atoms with Gasteiger partial charge < -0.3 is 5.32 Å². The molecule has 0 atom stereocenters. The minimum absolute atomic E-state index is 0.324. The van der Waals surface area contributed by atoms with E-state index in [1.54, 1.807) is 0 Å². The van der Waals surface area contributed by atoms with Crippen molar-refractivity contribution in [3.63, 3.8) is 0 Å². The third-order valence-corrected chi connectivity index (χ3v) is 2.94. The Bertz CT molecular complexity index is 698. The predicted molar refractivity (Wildman–Crippen MR) is 87.3 cm³/mol. The highest BCUT2D eigenvalue weighted by Crippen LogP contribution is 2.22. The molecular weight excluding hydrogens is 325 g/mol. The van der Waals surface area contributed by atoms with Crippen molar-refractivity contribution in [1.82, 2.24) is 5.43 Å². The molecule has 0 bridgehead atoms. The standard InChI is InChI=1S/C15H11Cl2N3O2/c16-11-6-12(17)8-13(7-11)19-14(21)15(22)20-18-9-10-4-2-1-3-5-10/h1-9H,(H,19,21)(H,20,22)/b18-9-. The second-order valence-electron chi connectivity index (χ2n) is 4.22. The van der Waals surface area contributed by atoms with Crippen molar-refractivity contribution in [2.75, 3.05) is 5.32 Å². The van der Waals surface area contributed by atoms with Gasteiger partial charge in [0.25, 0.3) is 0 Å². The van der Waals surface area contributed by atoms with Crippen molar-refractivity contribution in [3.05, 3.63) is 64.1 Å². The number of hydrazone groups is 1. The molecule has 0 saturated heterocycles. The number of halogens is 2. The van der Waals surface area contributed by atoms with Gasteiger partial charge in [-0.25, -0.2) is 5.43 Å². The number of hydrogen-bond donors (Lipinski definition) is 2. The molecule has 2 amide bonds. The number of amides is 2. The summed E-state index contributed by atoms with van der Waals surface area (Å²) in [5.41, 5.74) is 3.25. The molecule has 0 unspecified atom stereocenters. The van der Waals surface area contributed by atoms with Gasteiger partial charge in [0.2, 0.25) is 0 Å². The van der Waals surface area contributed by atoms with Crippen molar-refractivity contribution in [2.45, 2.75) is 0 Å². The summed E-state index contributed by atoms with van der Waals surface area (Å²) in [5, 5.41) is 6.78. The topological polar surface area (TPSA) is 70.6 Å². The third kappa shape index (κ3) is 4.87. The van der Waals surface area contributed by atoms with Crippen LogP contribution >= 0.6 is 23.2 Å². The summed E-state index contributed by atoms with van der Waals surface area (Å²) in [7, 11) is 0. The minimum Gasteiger partial charge on any atom is -0.318 e. The van der Waals surface area contributed by atoms with Crippen LogP contribution in [0.3, 0.4) is 0 Å². The van der Waals surface area contributed by atoms with Gasteiger partial charge in [0.05, 0.1) is 6.21 Å². The molecule has 0 fully saturated rings. The number of nitrogens with zero attached hydrogens (tertiary/aromatic N) is 1. The molecule has 22 heavy (non-hydrogen) atoms. The van der Waals surface area contributed by atoms with Crippen LogP contribution in [0.25, 0.3) is 0 Å². The Balaban J connectivity index is 1.92. The largest absolute Gasteiger partial charge is 0.329 e. The number of carbonyl (C=O) groups is 2. The van der Waals surface area contributed by atoms with Crippen LogP contribution in [0.2, 0.25) is 10.0 Å². The molecule has 5 nitrogen and oxygen atoms in total. The normalized spacial score (nSPS) is 10.5. The van der Waals surface area contributed by atoms with Gasteiger partial charge in [-0.3, -0.25) is 9.59 Å². The fraction of sp³-hybridized carbons (Fsp3) is 0. The zero-order valence-corrected chi connectivity index (χ0v) is 12.7. The van der Waals surface area contributed by atoms with Crippen molar-refractivity contribution >= 4 is 46.9 Å². The van der Waals surface area contributed by atoms with Crippen molar-refractivity contribution in [2.24, 2.45) is 5.10 Å². The van der Waals surface area contributed by atoms with Gasteiger partial charge >= 0.3 is 11.8 Å². The molecule has 7 heteroatoms. The summed E-state index contributed by atoms with van der Waals surface area (Å²) in [4.78, 5) is 23.3. The lowest BCUT2D eigenvalue weighted by Crippen LogP contribution is -2.32. The lowest BCUT2D eigenvalue weighted by atomic mass is 10.2. The summed E-state index contributed by atoms with van der Waals surface area (Å²) in [6.07, 6.45) is 1.43. The van der Waals surface area contributed by atoms with Crippen molar-refractivity contribution in [3.8, 4) is 0 Å². The molecule has 0 aliphatic carbocycles. The average molecular weight is 336 g/mol. The van der Waals surface area contributed by atoms with Gasteiger partial charge in [0.1, 0.15) is 0 Å². The van der Waals surface area contributed by atoms with E-state index in [1.165, 1.54) is 24.4 Å². The van der Waals surface area contributed by atoms with Gasteiger partial charge in [-0.05, 0) is 23.8 Å². The molecular formula is C15H11Cl2N3O2. The molecule has 0 heterocycles. The molecule has 0 spiro atoms. The maximum atomic E-state index is 11.7. The van der Waals surface area contributed by atoms with Crippen LogP contribution in [0.1, 0.15) is 5.56 Å². The van der Waals surface area contributed by atoms with E-state index in [1.807, 2.05) is 30.3 Å². The molecule has 0 saturated carbocycles. The van der Waals surface area contributed by atoms with E-state index in [0.717, 1.165) is 5.56 Å². The number of hydrogen-bond acceptors (Lipinski definition) is 3. The highest BCUT2D eigenvalue weighted by Gasteiger charge is 2.13. The Hall–Kier alpha value is -2.37. The van der Waals surface area contributed by atoms with Crippen LogP contribution in [-0.4, -0.2) is 18.0 Å². The van der Waals surface area contributed by atoms with E-state index >= 15 is 0 Å². The fourth-order valence-corrected chi connectivity index (χ4v) is 2.10. The van der Waals surface area contributed by atoms with Crippen molar-refractivity contribution < 1.29 is 9.59 Å². The monoisotopic (exact) mass is 335 g/mol. The second kappa shape index (κ2) is 7.59. The zero-order chi connectivity index (χ0) is 15.9. The molecule has 2 N–H and O–H groups in total. The van der Waals surface area contributed by atoms with Crippen LogP contribution in [0.4, 0.5) is 5.69 Å². The van der Waals surface area contributed by atoms with Crippen LogP contribution in [0, 0.1) is 0 Å². The first-order valence-electron chi connectivity index (χ1n) is 6.20. The molecule has 112 valence electrons. The quantitative estimate of drug-likeness (QED) is 0.514.